The molecule has 0 bridgehead atoms. The van der Waals surface area contributed by atoms with Crippen molar-refractivity contribution in [1.82, 2.24) is 0 Å². The smallest absolute Gasteiger partial charge is 0.412 e. The number of carbonyl (C=O) groups is 3. The van der Waals surface area contributed by atoms with Gasteiger partial charge in [-0.05, 0) is 39.8 Å². The zero-order chi connectivity index (χ0) is 17.4. The minimum Gasteiger partial charge on any atom is -0.492 e. The number of nitrogens with one attached hydrogen (secondary N) is 1. The number of rotatable bonds is 3. The Kier molecular flexibility index (Phi) is 4.31. The lowest BCUT2D eigenvalue weighted by Crippen LogP contribution is -2.29. The first kappa shape index (κ1) is 16.8. The van der Waals surface area contributed by atoms with Crippen molar-refractivity contribution in [3.8, 4) is 5.75 Å². The van der Waals surface area contributed by atoms with Crippen molar-refractivity contribution in [2.45, 2.75) is 33.3 Å². The van der Waals surface area contributed by atoms with Crippen molar-refractivity contribution in [1.29, 1.82) is 0 Å². The maximum absolute atomic E-state index is 12.0. The van der Waals surface area contributed by atoms with Gasteiger partial charge in [-0.15, -0.1) is 0 Å². The Morgan fingerprint density at radius 1 is 1.26 bits per heavy atom. The zero-order valence-electron chi connectivity index (χ0n) is 13.9. The van der Waals surface area contributed by atoms with Crippen LogP contribution in [0.2, 0.25) is 0 Å². The van der Waals surface area contributed by atoms with Gasteiger partial charge in [0.25, 0.3) is 11.7 Å². The molecule has 0 saturated carbocycles. The Labute approximate surface area is 134 Å². The Morgan fingerprint density at radius 2 is 1.91 bits per heavy atom. The molecule has 0 unspecified atom stereocenters. The number of hydrogen-bond acceptors (Lipinski definition) is 5. The highest BCUT2D eigenvalue weighted by molar-refractivity contribution is 6.52. The third-order valence-corrected chi connectivity index (χ3v) is 3.24. The summed E-state index contributed by atoms with van der Waals surface area (Å²) in [5.41, 5.74) is 0.332. The number of amides is 2. The highest BCUT2D eigenvalue weighted by Gasteiger charge is 2.38. The molecular formula is C16H20N2O5. The van der Waals surface area contributed by atoms with Gasteiger partial charge in [0, 0.05) is 6.54 Å². The summed E-state index contributed by atoms with van der Waals surface area (Å²) in [7, 11) is 1.41. The van der Waals surface area contributed by atoms with Gasteiger partial charge in [0.05, 0.1) is 18.4 Å². The lowest BCUT2D eigenvalue weighted by molar-refractivity contribution is -0.114. The van der Waals surface area contributed by atoms with E-state index in [9.17, 15) is 14.4 Å². The van der Waals surface area contributed by atoms with E-state index in [0.29, 0.717) is 17.9 Å². The molecule has 7 nitrogen and oxygen atoms in total. The molecule has 0 aliphatic carbocycles. The first-order valence-corrected chi connectivity index (χ1v) is 7.26. The number of benzene rings is 1. The van der Waals surface area contributed by atoms with E-state index in [1.807, 2.05) is 0 Å². The molecule has 0 aromatic heterocycles. The third kappa shape index (κ3) is 3.13. The number of nitrogens with zero attached hydrogens (tertiary/aromatic N) is 1. The largest absolute Gasteiger partial charge is 0.492 e. The van der Waals surface area contributed by atoms with Crippen LogP contribution in [0.3, 0.4) is 0 Å². The highest BCUT2D eigenvalue weighted by Crippen LogP contribution is 2.42. The van der Waals surface area contributed by atoms with Crippen LogP contribution < -0.4 is 15.0 Å². The van der Waals surface area contributed by atoms with Gasteiger partial charge in [0.15, 0.2) is 5.75 Å². The van der Waals surface area contributed by atoms with Crippen molar-refractivity contribution >= 4 is 29.2 Å². The van der Waals surface area contributed by atoms with Gasteiger partial charge < -0.3 is 14.4 Å². The molecule has 23 heavy (non-hydrogen) atoms. The number of hydrogen-bond donors (Lipinski definition) is 1. The van der Waals surface area contributed by atoms with Crippen LogP contribution in [0.5, 0.6) is 5.75 Å². The summed E-state index contributed by atoms with van der Waals surface area (Å²) in [6, 6.07) is 3.02. The molecule has 124 valence electrons. The van der Waals surface area contributed by atoms with Crippen LogP contribution in [0.1, 0.15) is 38.1 Å². The fourth-order valence-corrected chi connectivity index (χ4v) is 2.38. The van der Waals surface area contributed by atoms with Crippen molar-refractivity contribution < 1.29 is 23.9 Å². The first-order chi connectivity index (χ1) is 10.7. The molecule has 1 N–H and O–H groups in total. The second-order valence-corrected chi connectivity index (χ2v) is 6.05. The standard InChI is InChI=1S/C16H20N2O5/c1-6-18-11-9(12(19)14(18)20)7-8-10(13(11)22-5)17-15(21)23-16(2,3)4/h7-8H,6H2,1-5H3,(H,17,21). The van der Waals surface area contributed by atoms with E-state index in [0.717, 1.165) is 0 Å². The molecule has 0 spiro atoms. The molecule has 1 aromatic carbocycles. The minimum absolute atomic E-state index is 0.259. The molecule has 7 heteroatoms. The number of methoxy groups -OCH3 is 1. The van der Waals surface area contributed by atoms with Crippen molar-refractivity contribution in [3.05, 3.63) is 17.7 Å². The Hall–Kier alpha value is -2.57. The number of Topliss-reactive ketones (excluding diaryl/α,β-unsaturated/α-hetero) is 1. The van der Waals surface area contributed by atoms with Gasteiger partial charge in [0.1, 0.15) is 11.3 Å². The SMILES string of the molecule is CCN1C(=O)C(=O)c2ccc(NC(=O)OC(C)(C)C)c(OC)c21. The van der Waals surface area contributed by atoms with Crippen LogP contribution in [0.25, 0.3) is 0 Å². The van der Waals surface area contributed by atoms with Gasteiger partial charge in [-0.25, -0.2) is 4.79 Å². The number of fused-ring (bicyclic) bond motifs is 1. The van der Waals surface area contributed by atoms with Gasteiger partial charge in [-0.3, -0.25) is 14.9 Å². The Balaban J connectivity index is 2.42. The van der Waals surface area contributed by atoms with E-state index in [-0.39, 0.29) is 11.3 Å². The molecule has 0 atom stereocenters. The molecule has 1 heterocycles. The van der Waals surface area contributed by atoms with Crippen LogP contribution in [0.15, 0.2) is 12.1 Å². The zero-order valence-corrected chi connectivity index (χ0v) is 13.9. The number of anilines is 2. The monoisotopic (exact) mass is 320 g/mol. The fourth-order valence-electron chi connectivity index (χ4n) is 2.38. The molecule has 1 aromatic rings. The molecule has 0 radical (unpaired) electrons. The van der Waals surface area contributed by atoms with Crippen LogP contribution in [-0.4, -0.2) is 37.0 Å². The topological polar surface area (TPSA) is 84.9 Å². The second kappa shape index (κ2) is 5.91. The number of ketones is 1. The summed E-state index contributed by atoms with van der Waals surface area (Å²) in [6.45, 7) is 7.34. The van der Waals surface area contributed by atoms with Crippen molar-refractivity contribution in [2.24, 2.45) is 0 Å². The summed E-state index contributed by atoms with van der Waals surface area (Å²) in [5.74, 6) is -0.923. The van der Waals surface area contributed by atoms with Gasteiger partial charge in [-0.1, -0.05) is 0 Å². The summed E-state index contributed by atoms with van der Waals surface area (Å²) < 4.78 is 10.5. The van der Waals surface area contributed by atoms with Crippen LogP contribution in [0.4, 0.5) is 16.2 Å². The summed E-state index contributed by atoms with van der Waals surface area (Å²) in [4.78, 5) is 37.3. The predicted octanol–water partition coefficient (Wildman–Crippen LogP) is 2.59. The lowest BCUT2D eigenvalue weighted by Gasteiger charge is -2.22. The van der Waals surface area contributed by atoms with Crippen molar-refractivity contribution in [2.75, 3.05) is 23.9 Å². The molecular weight excluding hydrogens is 300 g/mol. The summed E-state index contributed by atoms with van der Waals surface area (Å²) >= 11 is 0. The normalized spacial score (nSPS) is 13.9. The third-order valence-electron chi connectivity index (χ3n) is 3.24. The van der Waals surface area contributed by atoms with Crippen LogP contribution in [0, 0.1) is 0 Å². The van der Waals surface area contributed by atoms with E-state index >= 15 is 0 Å². The van der Waals surface area contributed by atoms with E-state index in [2.05, 4.69) is 5.32 Å². The molecule has 2 rings (SSSR count). The fraction of sp³-hybridized carbons (Fsp3) is 0.438. The van der Waals surface area contributed by atoms with Crippen LogP contribution in [-0.2, 0) is 9.53 Å². The van der Waals surface area contributed by atoms with E-state index < -0.39 is 23.4 Å². The van der Waals surface area contributed by atoms with Crippen molar-refractivity contribution in [3.63, 3.8) is 0 Å². The van der Waals surface area contributed by atoms with E-state index in [1.54, 1.807) is 27.7 Å². The quantitative estimate of drug-likeness (QED) is 0.865. The average Bonchev–Trinajstić information content (AvgIpc) is 2.68. The molecule has 1 aliphatic heterocycles. The summed E-state index contributed by atoms with van der Waals surface area (Å²) in [5, 5.41) is 2.59. The lowest BCUT2D eigenvalue weighted by atomic mass is 10.1. The van der Waals surface area contributed by atoms with Gasteiger partial charge in [0.2, 0.25) is 0 Å². The van der Waals surface area contributed by atoms with Crippen LogP contribution >= 0.6 is 0 Å². The molecule has 1 aliphatic rings. The Morgan fingerprint density at radius 3 is 2.43 bits per heavy atom. The van der Waals surface area contributed by atoms with Gasteiger partial charge >= 0.3 is 6.09 Å². The maximum atomic E-state index is 12.0. The van der Waals surface area contributed by atoms with E-state index in [1.165, 1.54) is 24.1 Å². The number of carbonyl (C=O) groups excluding carboxylic acids is 3. The molecule has 0 fully saturated rings. The first-order valence-electron chi connectivity index (χ1n) is 7.26. The highest BCUT2D eigenvalue weighted by atomic mass is 16.6. The Bertz CT molecular complexity index is 676. The summed E-state index contributed by atoms with van der Waals surface area (Å²) in [6.07, 6.45) is -0.644. The molecule has 2 amide bonds. The predicted molar refractivity (Wildman–Crippen MR) is 85.2 cm³/mol. The average molecular weight is 320 g/mol. The maximum Gasteiger partial charge on any atom is 0.412 e. The molecule has 0 saturated heterocycles. The van der Waals surface area contributed by atoms with E-state index in [4.69, 9.17) is 9.47 Å². The minimum atomic E-state index is -0.644. The second-order valence-electron chi connectivity index (χ2n) is 6.05. The number of likely N-dealkylation sites (N-methyl/N-ethyl adjacent to an activating group) is 1. The van der Waals surface area contributed by atoms with Gasteiger partial charge in [-0.2, -0.15) is 0 Å². The number of ether oxygens (including phenoxy) is 2.